The summed E-state index contributed by atoms with van der Waals surface area (Å²) in [6.07, 6.45) is -1.38. The molecule has 0 saturated heterocycles. The third kappa shape index (κ3) is 4.68. The topological polar surface area (TPSA) is 30.5 Å². The smallest absolute Gasteiger partial charge is 0.406 e. The Hall–Kier alpha value is -1.27. The van der Waals surface area contributed by atoms with E-state index in [1.807, 2.05) is 0 Å². The molecule has 1 aliphatic rings. The van der Waals surface area contributed by atoms with Gasteiger partial charge in [-0.2, -0.15) is 0 Å². The summed E-state index contributed by atoms with van der Waals surface area (Å²) in [5.74, 6) is -0.182. The van der Waals surface area contributed by atoms with Crippen molar-refractivity contribution < 1.29 is 22.6 Å². The quantitative estimate of drug-likeness (QED) is 0.902. The maximum atomic E-state index is 12.1. The number of hydrogen-bond acceptors (Lipinski definition) is 3. The van der Waals surface area contributed by atoms with Gasteiger partial charge in [0.15, 0.2) is 0 Å². The van der Waals surface area contributed by atoms with Crippen LogP contribution in [0.3, 0.4) is 0 Å². The second-order valence-electron chi connectivity index (χ2n) is 4.94. The van der Waals surface area contributed by atoms with Gasteiger partial charge in [-0.05, 0) is 37.0 Å². The lowest BCUT2D eigenvalue weighted by molar-refractivity contribution is -0.274. The summed E-state index contributed by atoms with van der Waals surface area (Å²) in [6.45, 7) is 0.524. The van der Waals surface area contributed by atoms with Gasteiger partial charge in [-0.3, -0.25) is 0 Å². The monoisotopic (exact) mass is 289 g/mol. The summed E-state index contributed by atoms with van der Waals surface area (Å²) in [5.41, 5.74) is 0.771. The van der Waals surface area contributed by atoms with E-state index in [1.54, 1.807) is 19.2 Å². The van der Waals surface area contributed by atoms with Crippen molar-refractivity contribution in [2.45, 2.75) is 44.3 Å². The van der Waals surface area contributed by atoms with Crippen LogP contribution >= 0.6 is 0 Å². The van der Waals surface area contributed by atoms with E-state index in [0.29, 0.717) is 12.6 Å². The molecule has 0 aromatic heterocycles. The summed E-state index contributed by atoms with van der Waals surface area (Å²) in [6, 6.07) is 6.40. The highest BCUT2D eigenvalue weighted by atomic mass is 19.4. The van der Waals surface area contributed by atoms with Crippen molar-refractivity contribution in [2.75, 3.05) is 7.11 Å². The van der Waals surface area contributed by atoms with Crippen molar-refractivity contribution >= 4 is 0 Å². The van der Waals surface area contributed by atoms with Gasteiger partial charge in [-0.1, -0.05) is 12.1 Å². The van der Waals surface area contributed by atoms with E-state index in [-0.39, 0.29) is 11.9 Å². The van der Waals surface area contributed by atoms with Crippen molar-refractivity contribution in [2.24, 2.45) is 0 Å². The molecule has 112 valence electrons. The van der Waals surface area contributed by atoms with Crippen molar-refractivity contribution in [3.8, 4) is 5.75 Å². The fourth-order valence-electron chi connectivity index (χ4n) is 2.45. The van der Waals surface area contributed by atoms with E-state index < -0.39 is 6.36 Å². The third-order valence-electron chi connectivity index (χ3n) is 3.44. The van der Waals surface area contributed by atoms with E-state index in [1.165, 1.54) is 12.1 Å². The molecule has 3 nitrogen and oxygen atoms in total. The van der Waals surface area contributed by atoms with Crippen LogP contribution in [0, 0.1) is 0 Å². The number of halogens is 3. The zero-order valence-corrected chi connectivity index (χ0v) is 11.2. The lowest BCUT2D eigenvalue weighted by Crippen LogP contribution is -2.26. The summed E-state index contributed by atoms with van der Waals surface area (Å²) in [5, 5.41) is 3.34. The molecule has 0 spiro atoms. The highest BCUT2D eigenvalue weighted by Crippen LogP contribution is 2.24. The number of rotatable bonds is 5. The van der Waals surface area contributed by atoms with Crippen LogP contribution in [0.1, 0.15) is 24.8 Å². The highest BCUT2D eigenvalue weighted by molar-refractivity contribution is 5.28. The molecule has 1 N–H and O–H groups in total. The Balaban J connectivity index is 1.85. The van der Waals surface area contributed by atoms with E-state index in [9.17, 15) is 13.2 Å². The van der Waals surface area contributed by atoms with E-state index in [0.717, 1.165) is 24.8 Å². The number of ether oxygens (including phenoxy) is 2. The zero-order chi connectivity index (χ0) is 14.6. The Kier molecular flexibility index (Phi) is 4.88. The molecule has 1 fully saturated rings. The predicted molar refractivity (Wildman–Crippen MR) is 68.4 cm³/mol. The Morgan fingerprint density at radius 3 is 2.75 bits per heavy atom. The Labute approximate surface area is 116 Å². The molecule has 20 heavy (non-hydrogen) atoms. The first-order chi connectivity index (χ1) is 9.46. The van der Waals surface area contributed by atoms with Crippen molar-refractivity contribution in [1.82, 2.24) is 5.32 Å². The lowest BCUT2D eigenvalue weighted by atomic mass is 10.2. The van der Waals surface area contributed by atoms with Gasteiger partial charge in [0.05, 0.1) is 6.10 Å². The molecule has 2 rings (SSSR count). The first kappa shape index (κ1) is 15.1. The molecule has 0 bridgehead atoms. The Morgan fingerprint density at radius 1 is 1.30 bits per heavy atom. The number of benzene rings is 1. The average molecular weight is 289 g/mol. The number of hydrogen-bond donors (Lipinski definition) is 1. The summed E-state index contributed by atoms with van der Waals surface area (Å²) < 4.78 is 45.6. The van der Waals surface area contributed by atoms with Crippen LogP contribution in [0.2, 0.25) is 0 Å². The largest absolute Gasteiger partial charge is 0.573 e. The summed E-state index contributed by atoms with van der Waals surface area (Å²) in [7, 11) is 1.70. The van der Waals surface area contributed by atoms with Crippen LogP contribution in [-0.4, -0.2) is 25.6 Å². The van der Waals surface area contributed by atoms with Crippen molar-refractivity contribution in [3.05, 3.63) is 29.8 Å². The molecular weight excluding hydrogens is 271 g/mol. The Bertz CT molecular complexity index is 437. The molecule has 0 radical (unpaired) electrons. The van der Waals surface area contributed by atoms with Crippen LogP contribution in [0.15, 0.2) is 24.3 Å². The average Bonchev–Trinajstić information content (AvgIpc) is 2.83. The van der Waals surface area contributed by atoms with Gasteiger partial charge < -0.3 is 14.8 Å². The fourth-order valence-corrected chi connectivity index (χ4v) is 2.45. The minimum atomic E-state index is -4.65. The van der Waals surface area contributed by atoms with Gasteiger partial charge in [0.2, 0.25) is 0 Å². The molecule has 0 amide bonds. The van der Waals surface area contributed by atoms with Gasteiger partial charge in [0, 0.05) is 19.7 Å². The summed E-state index contributed by atoms with van der Waals surface area (Å²) >= 11 is 0. The fraction of sp³-hybridized carbons (Fsp3) is 0.571. The second kappa shape index (κ2) is 6.45. The van der Waals surface area contributed by atoms with E-state index in [4.69, 9.17) is 4.74 Å². The van der Waals surface area contributed by atoms with Crippen molar-refractivity contribution in [1.29, 1.82) is 0 Å². The van der Waals surface area contributed by atoms with Gasteiger partial charge in [0.25, 0.3) is 0 Å². The minimum absolute atomic E-state index is 0.182. The Morgan fingerprint density at radius 2 is 2.10 bits per heavy atom. The minimum Gasteiger partial charge on any atom is -0.406 e. The van der Waals surface area contributed by atoms with Crippen molar-refractivity contribution in [3.63, 3.8) is 0 Å². The van der Waals surface area contributed by atoms with E-state index in [2.05, 4.69) is 10.1 Å². The second-order valence-corrected chi connectivity index (χ2v) is 4.94. The number of alkyl halides is 3. The summed E-state index contributed by atoms with van der Waals surface area (Å²) in [4.78, 5) is 0. The highest BCUT2D eigenvalue weighted by Gasteiger charge is 2.31. The van der Waals surface area contributed by atoms with Gasteiger partial charge in [-0.15, -0.1) is 13.2 Å². The molecule has 1 aromatic rings. The SMILES string of the molecule is COC1CCC(NCc2cccc(OC(F)(F)F)c2)C1. The normalized spacial score (nSPS) is 23.0. The van der Waals surface area contributed by atoms with Crippen LogP contribution in [0.5, 0.6) is 5.75 Å². The van der Waals surface area contributed by atoms with Crippen LogP contribution in [0.25, 0.3) is 0 Å². The van der Waals surface area contributed by atoms with Crippen LogP contribution in [-0.2, 0) is 11.3 Å². The molecular formula is C14H18F3NO2. The first-order valence-corrected chi connectivity index (χ1v) is 6.57. The van der Waals surface area contributed by atoms with E-state index >= 15 is 0 Å². The molecule has 6 heteroatoms. The molecule has 1 saturated carbocycles. The lowest BCUT2D eigenvalue weighted by Gasteiger charge is -2.14. The predicted octanol–water partition coefficient (Wildman–Crippen LogP) is 3.24. The third-order valence-corrected chi connectivity index (χ3v) is 3.44. The number of methoxy groups -OCH3 is 1. The van der Waals surface area contributed by atoms with Crippen LogP contribution < -0.4 is 10.1 Å². The first-order valence-electron chi connectivity index (χ1n) is 6.57. The molecule has 2 unspecified atom stereocenters. The molecule has 1 aromatic carbocycles. The van der Waals surface area contributed by atoms with Crippen LogP contribution in [0.4, 0.5) is 13.2 Å². The molecule has 1 aliphatic carbocycles. The van der Waals surface area contributed by atoms with Gasteiger partial charge in [-0.25, -0.2) is 0 Å². The maximum Gasteiger partial charge on any atom is 0.573 e. The number of nitrogens with one attached hydrogen (secondary N) is 1. The standard InChI is InChI=1S/C14H18F3NO2/c1-19-12-6-5-11(8-12)18-9-10-3-2-4-13(7-10)20-14(15,16)17/h2-4,7,11-12,18H,5-6,8-9H2,1H3. The maximum absolute atomic E-state index is 12.1. The molecule has 0 heterocycles. The van der Waals surface area contributed by atoms with Gasteiger partial charge in [0.1, 0.15) is 5.75 Å². The molecule has 2 atom stereocenters. The van der Waals surface area contributed by atoms with Gasteiger partial charge >= 0.3 is 6.36 Å². The zero-order valence-electron chi connectivity index (χ0n) is 11.2. The molecule has 0 aliphatic heterocycles.